The molecule has 0 aliphatic rings. The minimum Gasteiger partial charge on any atom is -0.372 e. The number of azo groups is 1. The molecule has 0 aliphatic carbocycles. The topological polar surface area (TPSA) is 190 Å². The monoisotopic (exact) mass is 535 g/mol. The number of rotatable bonds is 12. The van der Waals surface area contributed by atoms with Crippen LogP contribution in [0.25, 0.3) is 0 Å². The first-order chi connectivity index (χ1) is 17.5. The van der Waals surface area contributed by atoms with Crippen molar-refractivity contribution >= 4 is 48.3 Å². The van der Waals surface area contributed by atoms with E-state index in [1.54, 1.807) is 18.2 Å². The van der Waals surface area contributed by atoms with Crippen LogP contribution in [0.3, 0.4) is 0 Å². The summed E-state index contributed by atoms with van der Waals surface area (Å²) in [4.78, 5) is 45.5. The summed E-state index contributed by atoms with van der Waals surface area (Å²) in [5, 5.41) is 34.6. The number of benzene rings is 2. The Morgan fingerprint density at radius 1 is 1.05 bits per heavy atom. The van der Waals surface area contributed by atoms with Crippen LogP contribution < -0.4 is 14.7 Å². The quantitative estimate of drug-likeness (QED) is 0.145. The Kier molecular flexibility index (Phi) is 10.1. The highest BCUT2D eigenvalue weighted by molar-refractivity contribution is 7.32. The second-order valence-corrected chi connectivity index (χ2v) is 8.30. The van der Waals surface area contributed by atoms with Gasteiger partial charge in [-0.1, -0.05) is 13.8 Å². The first-order valence-corrected chi connectivity index (χ1v) is 12.6. The lowest BCUT2D eigenvalue weighted by atomic mass is 9.98. The first kappa shape index (κ1) is 29.2. The van der Waals surface area contributed by atoms with Gasteiger partial charge in [-0.25, -0.2) is 4.52 Å². The van der Waals surface area contributed by atoms with Gasteiger partial charge < -0.3 is 10.2 Å². The summed E-state index contributed by atoms with van der Waals surface area (Å²) in [6, 6.07) is 4.95. The Morgan fingerprint density at radius 2 is 1.65 bits per heavy atom. The molecule has 14 nitrogen and oxygen atoms in total. The van der Waals surface area contributed by atoms with E-state index in [0.29, 0.717) is 13.1 Å². The van der Waals surface area contributed by atoms with Crippen LogP contribution in [0.4, 0.5) is 34.1 Å². The number of nitro benzene ring substituents is 2. The predicted octanol–water partition coefficient (Wildman–Crippen LogP) is 5.88. The van der Waals surface area contributed by atoms with Gasteiger partial charge in [0, 0.05) is 30.3 Å². The number of carbonyl (C=O) groups is 1. The second kappa shape index (κ2) is 12.8. The summed E-state index contributed by atoms with van der Waals surface area (Å²) < 4.78 is 16.5. The fourth-order valence-corrected chi connectivity index (χ4v) is 4.29. The largest absolute Gasteiger partial charge is 0.747 e. The van der Waals surface area contributed by atoms with Crippen LogP contribution in [0, 0.1) is 20.2 Å². The van der Waals surface area contributed by atoms with Crippen molar-refractivity contribution in [1.82, 2.24) is 0 Å². The third-order valence-electron chi connectivity index (χ3n) is 5.49. The van der Waals surface area contributed by atoms with E-state index in [1.165, 1.54) is 20.8 Å². The number of hydrogen-bond acceptors (Lipinski definition) is 10. The van der Waals surface area contributed by atoms with E-state index in [0.717, 1.165) is 5.69 Å². The van der Waals surface area contributed by atoms with Gasteiger partial charge in [-0.2, -0.15) is 0 Å². The number of hydrogen-bond donors (Lipinski definition) is 2. The molecule has 0 bridgehead atoms. The number of carbonyl (C=O) groups excluding carboxylic acids is 1. The van der Waals surface area contributed by atoms with Crippen molar-refractivity contribution in [2.24, 2.45) is 10.2 Å². The average Bonchev–Trinajstić information content (AvgIpc) is 2.82. The maximum atomic E-state index is 12.1. The van der Waals surface area contributed by atoms with E-state index in [9.17, 15) is 34.5 Å². The molecule has 0 fully saturated rings. The first-order valence-electron chi connectivity index (χ1n) is 11.4. The maximum absolute atomic E-state index is 12.1. The summed E-state index contributed by atoms with van der Waals surface area (Å²) >= 11 is 0. The van der Waals surface area contributed by atoms with Gasteiger partial charge in [-0.05, 0) is 44.9 Å². The Hall–Kier alpha value is -4.03. The number of amides is 1. The highest BCUT2D eigenvalue weighted by atomic mass is 31.1. The van der Waals surface area contributed by atoms with Crippen LogP contribution in [0.2, 0.25) is 0 Å². The van der Waals surface area contributed by atoms with Crippen molar-refractivity contribution < 1.29 is 28.6 Å². The molecular weight excluding hydrogens is 507 g/mol. The van der Waals surface area contributed by atoms with Crippen molar-refractivity contribution in [1.29, 1.82) is 0 Å². The molecule has 1 atom stereocenters. The molecular formula is C22H28N6O8P+. The fraction of sp³-hybridized carbons (Fsp3) is 0.409. The van der Waals surface area contributed by atoms with Gasteiger partial charge in [-0.15, -0.1) is 15.1 Å². The van der Waals surface area contributed by atoms with Gasteiger partial charge in [0.2, 0.25) is 17.3 Å². The minimum atomic E-state index is -3.35. The van der Waals surface area contributed by atoms with Gasteiger partial charge in [0.05, 0.1) is 21.1 Å². The molecule has 37 heavy (non-hydrogen) atoms. The molecule has 15 heteroatoms. The van der Waals surface area contributed by atoms with Crippen LogP contribution >= 0.6 is 8.25 Å². The Bertz CT molecular complexity index is 1260. The molecule has 198 valence electrons. The van der Waals surface area contributed by atoms with Crippen molar-refractivity contribution in [3.63, 3.8) is 0 Å². The summed E-state index contributed by atoms with van der Waals surface area (Å²) in [5.41, 5.74) is -1.03. The van der Waals surface area contributed by atoms with Crippen molar-refractivity contribution in [2.45, 2.75) is 47.5 Å². The molecule has 1 unspecified atom stereocenters. The molecule has 0 spiro atoms. The molecule has 2 rings (SSSR count). The van der Waals surface area contributed by atoms with E-state index >= 15 is 0 Å². The predicted molar refractivity (Wildman–Crippen MR) is 137 cm³/mol. The maximum Gasteiger partial charge on any atom is 0.747 e. The van der Waals surface area contributed by atoms with Gasteiger partial charge in [0.25, 0.3) is 5.69 Å². The Labute approximate surface area is 213 Å². The Balaban J connectivity index is 2.89. The summed E-state index contributed by atoms with van der Waals surface area (Å²) in [6.45, 7) is 9.67. The number of nitro groups is 2. The molecule has 0 aliphatic heterocycles. The van der Waals surface area contributed by atoms with E-state index in [-0.39, 0.29) is 35.3 Å². The van der Waals surface area contributed by atoms with E-state index in [2.05, 4.69) is 15.5 Å². The smallest absolute Gasteiger partial charge is 0.372 e. The number of nitrogens with zero attached hydrogens (tertiary/aromatic N) is 5. The molecule has 2 aromatic rings. The zero-order valence-electron chi connectivity index (χ0n) is 21.0. The summed E-state index contributed by atoms with van der Waals surface area (Å²) in [6.07, 6.45) is -0.137. The molecule has 2 aromatic carbocycles. The standard InChI is InChI=1S/C22H27N6O8P/c1-6-15-20(27(30)31)16(7-2)22(36-37(34)35)19(21(15)28(32)33)25-24-17-11-10-14(26(8-3)9-4)12-18(17)23-13(5)29/h10-12H,6-9H2,1-5H3,(H-,23,25,29,34,35)/p+1. The number of anilines is 2. The third kappa shape index (κ3) is 6.60. The summed E-state index contributed by atoms with van der Waals surface area (Å²) in [7, 11) is -3.35. The lowest BCUT2D eigenvalue weighted by Crippen LogP contribution is -2.21. The van der Waals surface area contributed by atoms with Crippen molar-refractivity contribution in [3.05, 3.63) is 49.6 Å². The second-order valence-electron chi connectivity index (χ2n) is 7.64. The van der Waals surface area contributed by atoms with Crippen LogP contribution in [0.1, 0.15) is 45.7 Å². The molecule has 0 radical (unpaired) electrons. The lowest BCUT2D eigenvalue weighted by Gasteiger charge is -2.22. The summed E-state index contributed by atoms with van der Waals surface area (Å²) in [5.74, 6) is -0.969. The highest BCUT2D eigenvalue weighted by Crippen LogP contribution is 2.51. The SMILES string of the molecule is CCc1c(O[P+](=O)O)c(N=Nc2ccc(N(CC)CC)cc2NC(C)=O)c([N+](=O)[O-])c(CC)c1[N+](=O)[O-]. The van der Waals surface area contributed by atoms with Gasteiger partial charge >= 0.3 is 13.9 Å². The molecule has 0 heterocycles. The van der Waals surface area contributed by atoms with Crippen LogP contribution in [0.15, 0.2) is 28.4 Å². The van der Waals surface area contributed by atoms with E-state index in [1.807, 2.05) is 18.7 Å². The highest BCUT2D eigenvalue weighted by Gasteiger charge is 2.39. The van der Waals surface area contributed by atoms with Gasteiger partial charge in [0.1, 0.15) is 11.3 Å². The van der Waals surface area contributed by atoms with Gasteiger partial charge in [0.15, 0.2) is 0 Å². The minimum absolute atomic E-state index is 0.0436. The molecule has 0 saturated carbocycles. The van der Waals surface area contributed by atoms with Gasteiger partial charge in [-0.3, -0.25) is 25.0 Å². The van der Waals surface area contributed by atoms with Crippen LogP contribution in [-0.2, 0) is 22.2 Å². The van der Waals surface area contributed by atoms with E-state index < -0.39 is 46.8 Å². The molecule has 0 aromatic heterocycles. The lowest BCUT2D eigenvalue weighted by molar-refractivity contribution is -0.395. The molecule has 1 amide bonds. The fourth-order valence-electron chi connectivity index (χ4n) is 3.93. The zero-order chi connectivity index (χ0) is 27.9. The van der Waals surface area contributed by atoms with Crippen LogP contribution in [0.5, 0.6) is 5.75 Å². The third-order valence-corrected chi connectivity index (χ3v) is 5.83. The molecule has 0 saturated heterocycles. The number of nitrogens with one attached hydrogen (secondary N) is 1. The zero-order valence-corrected chi connectivity index (χ0v) is 21.9. The van der Waals surface area contributed by atoms with E-state index in [4.69, 9.17) is 4.52 Å². The molecule has 2 N–H and O–H groups in total. The average molecular weight is 535 g/mol. The van der Waals surface area contributed by atoms with Crippen LogP contribution in [-0.4, -0.2) is 33.7 Å². The normalized spacial score (nSPS) is 11.4. The Morgan fingerprint density at radius 3 is 2.11 bits per heavy atom. The van der Waals surface area contributed by atoms with Crippen molar-refractivity contribution in [3.8, 4) is 5.75 Å². The van der Waals surface area contributed by atoms with Crippen molar-refractivity contribution in [2.75, 3.05) is 23.3 Å².